The van der Waals surface area contributed by atoms with Crippen molar-refractivity contribution in [2.24, 2.45) is 0 Å². The Balaban J connectivity index is 2.46. The molecule has 0 aliphatic carbocycles. The van der Waals surface area contributed by atoms with Gasteiger partial charge in [0, 0.05) is 13.1 Å². The van der Waals surface area contributed by atoms with E-state index >= 15 is 0 Å². The Hall–Kier alpha value is -2.36. The van der Waals surface area contributed by atoms with Crippen LogP contribution >= 0.6 is 0 Å². The summed E-state index contributed by atoms with van der Waals surface area (Å²) >= 11 is 0. The van der Waals surface area contributed by atoms with Crippen LogP contribution in [-0.2, 0) is 0 Å². The molecule has 0 aliphatic heterocycles. The quantitative estimate of drug-likeness (QED) is 0.852. The summed E-state index contributed by atoms with van der Waals surface area (Å²) in [6, 6.07) is 10.4. The van der Waals surface area contributed by atoms with Crippen molar-refractivity contribution >= 4 is 5.91 Å². The van der Waals surface area contributed by atoms with E-state index in [1.807, 2.05) is 30.3 Å². The fourth-order valence-electron chi connectivity index (χ4n) is 1.48. The molecular formula is C13H11NO3. The first-order chi connectivity index (χ1) is 8.22. The molecule has 1 aromatic heterocycles. The molecule has 0 spiro atoms. The number of carbonyl (C=O) groups excluding carboxylic acids is 1. The van der Waals surface area contributed by atoms with Crippen molar-refractivity contribution in [2.75, 3.05) is 7.05 Å². The summed E-state index contributed by atoms with van der Waals surface area (Å²) in [5, 5.41) is 2.40. The third-order valence-electron chi connectivity index (χ3n) is 2.37. The molecule has 1 aromatic carbocycles. The molecule has 0 radical (unpaired) electrons. The van der Waals surface area contributed by atoms with Gasteiger partial charge in [-0.05, 0) is 5.56 Å². The molecule has 0 bridgehead atoms. The van der Waals surface area contributed by atoms with Crippen molar-refractivity contribution in [3.05, 3.63) is 58.6 Å². The van der Waals surface area contributed by atoms with E-state index in [0.717, 1.165) is 5.56 Å². The van der Waals surface area contributed by atoms with Crippen molar-refractivity contribution in [3.8, 4) is 11.1 Å². The molecular weight excluding hydrogens is 218 g/mol. The van der Waals surface area contributed by atoms with Gasteiger partial charge < -0.3 is 9.73 Å². The fourth-order valence-corrected chi connectivity index (χ4v) is 1.48. The molecule has 1 N–H and O–H groups in total. The predicted molar refractivity (Wildman–Crippen MR) is 63.8 cm³/mol. The zero-order chi connectivity index (χ0) is 12.3. The zero-order valence-electron chi connectivity index (χ0n) is 9.27. The largest absolute Gasteiger partial charge is 0.458 e. The number of hydrogen-bond acceptors (Lipinski definition) is 3. The molecule has 0 aliphatic rings. The van der Waals surface area contributed by atoms with Gasteiger partial charge in [0.25, 0.3) is 5.91 Å². The van der Waals surface area contributed by atoms with Crippen molar-refractivity contribution in [3.63, 3.8) is 0 Å². The molecule has 4 nitrogen and oxygen atoms in total. The van der Waals surface area contributed by atoms with Gasteiger partial charge in [0.15, 0.2) is 11.2 Å². The lowest BCUT2D eigenvalue weighted by Gasteiger charge is -2.01. The minimum atomic E-state index is -0.415. The first-order valence-corrected chi connectivity index (χ1v) is 5.12. The molecule has 0 saturated heterocycles. The summed E-state index contributed by atoms with van der Waals surface area (Å²) in [5.74, 6) is -0.404. The summed E-state index contributed by atoms with van der Waals surface area (Å²) in [7, 11) is 1.48. The first-order valence-electron chi connectivity index (χ1n) is 5.12. The van der Waals surface area contributed by atoms with Gasteiger partial charge in [-0.2, -0.15) is 0 Å². The third-order valence-corrected chi connectivity index (χ3v) is 2.37. The van der Waals surface area contributed by atoms with Gasteiger partial charge in [0.05, 0.1) is 5.56 Å². The number of carbonyl (C=O) groups is 1. The Morgan fingerprint density at radius 1 is 1.24 bits per heavy atom. The highest BCUT2D eigenvalue weighted by atomic mass is 16.3. The number of rotatable bonds is 2. The molecule has 1 heterocycles. The van der Waals surface area contributed by atoms with E-state index in [1.54, 1.807) is 0 Å². The van der Waals surface area contributed by atoms with Gasteiger partial charge in [-0.15, -0.1) is 0 Å². The lowest BCUT2D eigenvalue weighted by atomic mass is 10.1. The summed E-state index contributed by atoms with van der Waals surface area (Å²) in [6.45, 7) is 0. The minimum absolute atomic E-state index is 0.0113. The summed E-state index contributed by atoms with van der Waals surface area (Å²) < 4.78 is 5.13. The highest BCUT2D eigenvalue weighted by molar-refractivity contribution is 5.91. The van der Waals surface area contributed by atoms with E-state index in [9.17, 15) is 9.59 Å². The first kappa shape index (κ1) is 11.1. The topological polar surface area (TPSA) is 59.3 Å². The van der Waals surface area contributed by atoms with Gasteiger partial charge in [-0.25, -0.2) is 0 Å². The van der Waals surface area contributed by atoms with Crippen LogP contribution in [0.2, 0.25) is 0 Å². The predicted octanol–water partition coefficient (Wildman–Crippen LogP) is 1.67. The lowest BCUT2D eigenvalue weighted by Crippen LogP contribution is -2.19. The van der Waals surface area contributed by atoms with Gasteiger partial charge in [-0.1, -0.05) is 30.3 Å². The van der Waals surface area contributed by atoms with Crippen LogP contribution in [0.25, 0.3) is 11.1 Å². The standard InChI is InChI=1S/C13H11NO3/c1-14-13(16)12-7-11(15)10(8-17-12)9-5-3-2-4-6-9/h2-8H,1H3,(H,14,16). The van der Waals surface area contributed by atoms with Crippen molar-refractivity contribution < 1.29 is 9.21 Å². The SMILES string of the molecule is CNC(=O)c1cc(=O)c(-c2ccccc2)co1. The molecule has 86 valence electrons. The maximum atomic E-state index is 11.8. The molecule has 17 heavy (non-hydrogen) atoms. The van der Waals surface area contributed by atoms with Crippen LogP contribution in [0.4, 0.5) is 0 Å². The second-order valence-corrected chi connectivity index (χ2v) is 3.47. The van der Waals surface area contributed by atoms with Gasteiger partial charge in [-0.3, -0.25) is 9.59 Å². The smallest absolute Gasteiger partial charge is 0.286 e. The van der Waals surface area contributed by atoms with Crippen LogP contribution in [-0.4, -0.2) is 13.0 Å². The number of benzene rings is 1. The molecule has 0 unspecified atom stereocenters. The van der Waals surface area contributed by atoms with Gasteiger partial charge >= 0.3 is 0 Å². The van der Waals surface area contributed by atoms with E-state index in [1.165, 1.54) is 19.4 Å². The van der Waals surface area contributed by atoms with Gasteiger partial charge in [0.1, 0.15) is 6.26 Å². The summed E-state index contributed by atoms with van der Waals surface area (Å²) in [6.07, 6.45) is 1.31. The van der Waals surface area contributed by atoms with Crippen LogP contribution in [0.15, 0.2) is 51.9 Å². The molecule has 0 saturated carbocycles. The lowest BCUT2D eigenvalue weighted by molar-refractivity contribution is 0.0933. The van der Waals surface area contributed by atoms with Crippen LogP contribution < -0.4 is 10.7 Å². The normalized spacial score (nSPS) is 9.94. The molecule has 0 atom stereocenters. The Morgan fingerprint density at radius 3 is 2.53 bits per heavy atom. The highest BCUT2D eigenvalue weighted by Crippen LogP contribution is 2.14. The summed E-state index contributed by atoms with van der Waals surface area (Å²) in [5.41, 5.74) is 0.976. The Bertz CT molecular complexity index is 587. The van der Waals surface area contributed by atoms with E-state index in [-0.39, 0.29) is 11.2 Å². The van der Waals surface area contributed by atoms with Crippen LogP contribution in [0.1, 0.15) is 10.6 Å². The molecule has 1 amide bonds. The Morgan fingerprint density at radius 2 is 1.94 bits per heavy atom. The fraction of sp³-hybridized carbons (Fsp3) is 0.0769. The van der Waals surface area contributed by atoms with E-state index in [2.05, 4.69) is 5.32 Å². The van der Waals surface area contributed by atoms with Crippen LogP contribution in [0, 0.1) is 0 Å². The second kappa shape index (κ2) is 4.65. The van der Waals surface area contributed by atoms with Crippen LogP contribution in [0.3, 0.4) is 0 Å². The maximum absolute atomic E-state index is 11.8. The zero-order valence-corrected chi connectivity index (χ0v) is 9.27. The van der Waals surface area contributed by atoms with E-state index in [4.69, 9.17) is 4.42 Å². The minimum Gasteiger partial charge on any atom is -0.458 e. The maximum Gasteiger partial charge on any atom is 0.286 e. The third kappa shape index (κ3) is 2.25. The second-order valence-electron chi connectivity index (χ2n) is 3.47. The number of amides is 1. The van der Waals surface area contributed by atoms with Crippen molar-refractivity contribution in [1.29, 1.82) is 0 Å². The average Bonchev–Trinajstić information content (AvgIpc) is 2.38. The highest BCUT2D eigenvalue weighted by Gasteiger charge is 2.10. The molecule has 2 rings (SSSR count). The molecule has 2 aromatic rings. The van der Waals surface area contributed by atoms with Gasteiger partial charge in [0.2, 0.25) is 0 Å². The van der Waals surface area contributed by atoms with E-state index in [0.29, 0.717) is 5.56 Å². The van der Waals surface area contributed by atoms with Crippen molar-refractivity contribution in [1.82, 2.24) is 5.32 Å². The number of nitrogens with one attached hydrogen (secondary N) is 1. The molecule has 0 fully saturated rings. The number of hydrogen-bond donors (Lipinski definition) is 1. The van der Waals surface area contributed by atoms with Crippen LogP contribution in [0.5, 0.6) is 0 Å². The average molecular weight is 229 g/mol. The Labute approximate surface area is 97.9 Å². The monoisotopic (exact) mass is 229 g/mol. The Kier molecular flexibility index (Phi) is 3.05. The molecule has 4 heteroatoms. The van der Waals surface area contributed by atoms with E-state index < -0.39 is 5.91 Å². The van der Waals surface area contributed by atoms with Crippen molar-refractivity contribution in [2.45, 2.75) is 0 Å². The summed E-state index contributed by atoms with van der Waals surface area (Å²) in [4.78, 5) is 23.1.